The van der Waals surface area contributed by atoms with Gasteiger partial charge in [0, 0.05) is 11.6 Å². The van der Waals surface area contributed by atoms with Crippen LogP contribution in [0.4, 0.5) is 9.18 Å². The topological polar surface area (TPSA) is 82.1 Å². The van der Waals surface area contributed by atoms with Crippen LogP contribution in [-0.2, 0) is 4.74 Å². The molecule has 3 rings (SSSR count). The molecule has 1 aliphatic heterocycles. The largest absolute Gasteiger partial charge is 0.511 e. The molecule has 1 unspecified atom stereocenters. The molecular formula is C15H9FO6. The fraction of sp³-hybridized carbons (Fsp3) is 0.0667. The lowest BCUT2D eigenvalue weighted by atomic mass is 10.0. The van der Waals surface area contributed by atoms with Crippen molar-refractivity contribution >= 4 is 11.9 Å². The summed E-state index contributed by atoms with van der Waals surface area (Å²) in [6, 6.07) is 10.3. The zero-order valence-corrected chi connectivity index (χ0v) is 11.0. The first-order chi connectivity index (χ1) is 10.5. The molecule has 6 nitrogen and oxygen atoms in total. The van der Waals surface area contributed by atoms with E-state index < -0.39 is 24.2 Å². The van der Waals surface area contributed by atoms with Crippen LogP contribution in [0.25, 0.3) is 0 Å². The van der Waals surface area contributed by atoms with E-state index in [1.165, 1.54) is 0 Å². The maximum atomic E-state index is 14.1. The van der Waals surface area contributed by atoms with Crippen LogP contribution >= 0.6 is 0 Å². The molecule has 1 aliphatic rings. The minimum Gasteiger partial charge on any atom is -0.450 e. The Morgan fingerprint density at radius 1 is 1.09 bits per heavy atom. The molecule has 7 heteroatoms. The number of halogens is 1. The quantitative estimate of drug-likeness (QED) is 0.693. The molecule has 0 spiro atoms. The highest BCUT2D eigenvalue weighted by Crippen LogP contribution is 2.37. The summed E-state index contributed by atoms with van der Waals surface area (Å²) in [5.41, 5.74) is 0.114. The molecule has 0 aromatic heterocycles. The fourth-order valence-electron chi connectivity index (χ4n) is 2.00. The summed E-state index contributed by atoms with van der Waals surface area (Å²) in [5.74, 6) is -1.32. The van der Waals surface area contributed by atoms with E-state index in [2.05, 4.69) is 4.74 Å². The highest BCUT2D eigenvalue weighted by atomic mass is 19.1. The van der Waals surface area contributed by atoms with Gasteiger partial charge in [-0.1, -0.05) is 30.3 Å². The number of carboxylic acid groups (broad SMARTS) is 1. The van der Waals surface area contributed by atoms with E-state index >= 15 is 0 Å². The third-order valence-electron chi connectivity index (χ3n) is 2.96. The SMILES string of the molecule is O=C(O)OC1Oc2cc(F)c(C(=O)c3ccccc3)cc2O1. The summed E-state index contributed by atoms with van der Waals surface area (Å²) >= 11 is 0. The van der Waals surface area contributed by atoms with Gasteiger partial charge >= 0.3 is 12.6 Å². The average molecular weight is 304 g/mol. The Morgan fingerprint density at radius 2 is 1.73 bits per heavy atom. The fourth-order valence-corrected chi connectivity index (χ4v) is 2.00. The van der Waals surface area contributed by atoms with Crippen LogP contribution in [0.15, 0.2) is 42.5 Å². The van der Waals surface area contributed by atoms with Crippen LogP contribution in [0.1, 0.15) is 15.9 Å². The zero-order valence-electron chi connectivity index (χ0n) is 11.0. The predicted octanol–water partition coefficient (Wildman–Crippen LogP) is 2.81. The summed E-state index contributed by atoms with van der Waals surface area (Å²) in [4.78, 5) is 22.7. The molecule has 0 aliphatic carbocycles. The van der Waals surface area contributed by atoms with E-state index in [1.54, 1.807) is 30.3 Å². The number of rotatable bonds is 3. The minimum atomic E-state index is -1.60. The van der Waals surface area contributed by atoms with Crippen molar-refractivity contribution in [2.75, 3.05) is 0 Å². The third-order valence-corrected chi connectivity index (χ3v) is 2.96. The van der Waals surface area contributed by atoms with Crippen molar-refractivity contribution in [2.45, 2.75) is 6.48 Å². The lowest BCUT2D eigenvalue weighted by molar-refractivity contribution is -0.147. The lowest BCUT2D eigenvalue weighted by Crippen LogP contribution is -2.24. The summed E-state index contributed by atoms with van der Waals surface area (Å²) < 4.78 is 28.4. The second-order valence-corrected chi connectivity index (χ2v) is 4.38. The van der Waals surface area contributed by atoms with Gasteiger partial charge in [-0.25, -0.2) is 9.18 Å². The molecule has 1 atom stereocenters. The molecule has 0 saturated heterocycles. The lowest BCUT2D eigenvalue weighted by Gasteiger charge is -2.06. The predicted molar refractivity (Wildman–Crippen MR) is 70.4 cm³/mol. The molecule has 0 radical (unpaired) electrons. The first kappa shape index (κ1) is 13.9. The Morgan fingerprint density at radius 3 is 2.36 bits per heavy atom. The standard InChI is InChI=1S/C15H9FO6/c16-10-7-12-11(20-15(21-12)22-14(18)19)6-9(10)13(17)8-4-2-1-3-5-8/h1-7,15H,(H,18,19). The van der Waals surface area contributed by atoms with Crippen molar-refractivity contribution in [3.8, 4) is 11.5 Å². The van der Waals surface area contributed by atoms with Crippen molar-refractivity contribution in [1.82, 2.24) is 0 Å². The van der Waals surface area contributed by atoms with Gasteiger partial charge in [0.25, 0.3) is 0 Å². The zero-order chi connectivity index (χ0) is 15.7. The van der Waals surface area contributed by atoms with Gasteiger partial charge in [0.2, 0.25) is 0 Å². The van der Waals surface area contributed by atoms with Crippen LogP contribution in [0.2, 0.25) is 0 Å². The van der Waals surface area contributed by atoms with Gasteiger partial charge < -0.3 is 19.3 Å². The molecule has 22 heavy (non-hydrogen) atoms. The Labute approximate surface area is 123 Å². The monoisotopic (exact) mass is 304 g/mol. The van der Waals surface area contributed by atoms with E-state index in [1.807, 2.05) is 0 Å². The molecule has 0 fully saturated rings. The van der Waals surface area contributed by atoms with Crippen molar-refractivity contribution in [3.05, 3.63) is 59.4 Å². The van der Waals surface area contributed by atoms with E-state index in [4.69, 9.17) is 14.6 Å². The van der Waals surface area contributed by atoms with Crippen LogP contribution in [0.5, 0.6) is 11.5 Å². The van der Waals surface area contributed by atoms with Crippen LogP contribution < -0.4 is 9.47 Å². The third kappa shape index (κ3) is 2.56. The van der Waals surface area contributed by atoms with E-state index in [9.17, 15) is 14.0 Å². The molecule has 1 heterocycles. The van der Waals surface area contributed by atoms with Crippen molar-refractivity contribution in [1.29, 1.82) is 0 Å². The number of carbonyl (C=O) groups excluding carboxylic acids is 1. The van der Waals surface area contributed by atoms with Gasteiger partial charge in [0.05, 0.1) is 5.56 Å². The number of ketones is 1. The number of ether oxygens (including phenoxy) is 3. The second kappa shape index (κ2) is 5.36. The minimum absolute atomic E-state index is 0.0339. The van der Waals surface area contributed by atoms with Gasteiger partial charge in [0.15, 0.2) is 17.3 Å². The summed E-state index contributed by atoms with van der Waals surface area (Å²) in [6.45, 7) is -1.52. The van der Waals surface area contributed by atoms with Gasteiger partial charge in [-0.2, -0.15) is 0 Å². The maximum absolute atomic E-state index is 14.1. The van der Waals surface area contributed by atoms with Crippen LogP contribution in [0.3, 0.4) is 0 Å². The smallest absolute Gasteiger partial charge is 0.450 e. The van der Waals surface area contributed by atoms with Gasteiger partial charge in [-0.05, 0) is 6.07 Å². The van der Waals surface area contributed by atoms with Crippen LogP contribution in [0, 0.1) is 5.82 Å². The summed E-state index contributed by atoms with van der Waals surface area (Å²) in [5, 5.41) is 8.49. The average Bonchev–Trinajstić information content (AvgIpc) is 2.86. The first-order valence-electron chi connectivity index (χ1n) is 6.21. The Kier molecular flexibility index (Phi) is 3.38. The van der Waals surface area contributed by atoms with Gasteiger partial charge in [0.1, 0.15) is 5.82 Å². The Hall–Kier alpha value is -3.09. The number of carbonyl (C=O) groups is 2. The summed E-state index contributed by atoms with van der Waals surface area (Å²) in [7, 11) is 0. The molecule has 0 saturated carbocycles. The van der Waals surface area contributed by atoms with Crippen LogP contribution in [-0.4, -0.2) is 23.5 Å². The van der Waals surface area contributed by atoms with E-state index in [-0.39, 0.29) is 17.1 Å². The number of hydrogen-bond acceptors (Lipinski definition) is 5. The van der Waals surface area contributed by atoms with Gasteiger partial charge in [-0.3, -0.25) is 4.79 Å². The molecule has 2 aromatic rings. The number of hydrogen-bond donors (Lipinski definition) is 1. The molecule has 1 N–H and O–H groups in total. The number of benzene rings is 2. The molecule has 2 aromatic carbocycles. The molecule has 0 amide bonds. The van der Waals surface area contributed by atoms with E-state index in [0.29, 0.717) is 5.56 Å². The molecule has 112 valence electrons. The maximum Gasteiger partial charge on any atom is 0.511 e. The normalized spacial score (nSPS) is 15.4. The highest BCUT2D eigenvalue weighted by molar-refractivity contribution is 6.09. The van der Waals surface area contributed by atoms with Gasteiger partial charge in [-0.15, -0.1) is 0 Å². The van der Waals surface area contributed by atoms with E-state index in [0.717, 1.165) is 12.1 Å². The van der Waals surface area contributed by atoms with Crippen molar-refractivity contribution in [2.24, 2.45) is 0 Å². The Balaban J connectivity index is 1.90. The second-order valence-electron chi connectivity index (χ2n) is 4.38. The Bertz CT molecular complexity index is 743. The highest BCUT2D eigenvalue weighted by Gasteiger charge is 2.30. The molecular weight excluding hydrogens is 295 g/mol. The van der Waals surface area contributed by atoms with Crippen molar-refractivity contribution < 1.29 is 33.3 Å². The number of fused-ring (bicyclic) bond motifs is 1. The first-order valence-corrected chi connectivity index (χ1v) is 6.21. The summed E-state index contributed by atoms with van der Waals surface area (Å²) in [6.07, 6.45) is -1.60. The molecule has 0 bridgehead atoms. The van der Waals surface area contributed by atoms with Crippen molar-refractivity contribution in [3.63, 3.8) is 0 Å².